The Morgan fingerprint density at radius 2 is 1.81 bits per heavy atom. The van der Waals surface area contributed by atoms with E-state index in [0.717, 1.165) is 18.6 Å². The van der Waals surface area contributed by atoms with Gasteiger partial charge in [-0.2, -0.15) is 0 Å². The van der Waals surface area contributed by atoms with Gasteiger partial charge in [-0.05, 0) is 78.3 Å². The fraction of sp³-hybridized carbons (Fsp3) is 0.789. The molecule has 0 aromatic carbocycles. The molecule has 0 fully saturated rings. The molecule has 0 bridgehead atoms. The van der Waals surface area contributed by atoms with Crippen LogP contribution in [-0.2, 0) is 0 Å². The molecule has 2 heteroatoms. The van der Waals surface area contributed by atoms with E-state index in [1.165, 1.54) is 64.2 Å². The maximum atomic E-state index is 3.84. The lowest BCUT2D eigenvalue weighted by atomic mass is 9.95. The number of allylic oxidation sites excluding steroid dienone is 3. The fourth-order valence-electron chi connectivity index (χ4n) is 3.57. The van der Waals surface area contributed by atoms with E-state index in [0.29, 0.717) is 0 Å². The standard InChI is InChI=1S/C19H34N2/c1-21(2)19-13-9-8-10-17(14-15-19)16-20-18-11-6-4-3-5-7-12-18/h3-4,10,18-20H,5-9,11-16H2,1-2H3/b4-3+,17-10-. The number of rotatable bonds is 4. The molecule has 0 radical (unpaired) electrons. The van der Waals surface area contributed by atoms with E-state index >= 15 is 0 Å². The van der Waals surface area contributed by atoms with E-state index in [-0.39, 0.29) is 0 Å². The van der Waals surface area contributed by atoms with Gasteiger partial charge in [0.25, 0.3) is 0 Å². The van der Waals surface area contributed by atoms with Crippen LogP contribution in [0.25, 0.3) is 0 Å². The summed E-state index contributed by atoms with van der Waals surface area (Å²) in [6, 6.07) is 1.51. The van der Waals surface area contributed by atoms with Crippen LogP contribution in [0.5, 0.6) is 0 Å². The van der Waals surface area contributed by atoms with Crippen molar-refractivity contribution in [3.63, 3.8) is 0 Å². The third kappa shape index (κ3) is 6.36. The van der Waals surface area contributed by atoms with Crippen LogP contribution in [0.15, 0.2) is 23.8 Å². The number of hydrogen-bond acceptors (Lipinski definition) is 2. The van der Waals surface area contributed by atoms with Crippen molar-refractivity contribution in [3.8, 4) is 0 Å². The van der Waals surface area contributed by atoms with Crippen LogP contribution < -0.4 is 5.32 Å². The summed E-state index contributed by atoms with van der Waals surface area (Å²) in [5, 5.41) is 3.84. The lowest BCUT2D eigenvalue weighted by Crippen LogP contribution is -2.32. The van der Waals surface area contributed by atoms with Gasteiger partial charge in [-0.3, -0.25) is 0 Å². The molecular formula is C19H34N2. The van der Waals surface area contributed by atoms with E-state index in [1.54, 1.807) is 5.57 Å². The number of hydrogen-bond donors (Lipinski definition) is 1. The topological polar surface area (TPSA) is 15.3 Å². The van der Waals surface area contributed by atoms with Gasteiger partial charge in [-0.15, -0.1) is 0 Å². The average molecular weight is 290 g/mol. The molecule has 0 amide bonds. The zero-order valence-corrected chi connectivity index (χ0v) is 14.1. The highest BCUT2D eigenvalue weighted by atomic mass is 15.1. The summed E-state index contributed by atoms with van der Waals surface area (Å²) >= 11 is 0. The summed E-state index contributed by atoms with van der Waals surface area (Å²) < 4.78 is 0. The second-order valence-electron chi connectivity index (χ2n) is 7.01. The minimum Gasteiger partial charge on any atom is -0.310 e. The van der Waals surface area contributed by atoms with Crippen molar-refractivity contribution in [2.75, 3.05) is 20.6 Å². The second-order valence-corrected chi connectivity index (χ2v) is 7.01. The Morgan fingerprint density at radius 3 is 2.67 bits per heavy atom. The summed E-state index contributed by atoms with van der Waals surface area (Å²) in [4.78, 5) is 2.41. The Balaban J connectivity index is 1.77. The van der Waals surface area contributed by atoms with Crippen molar-refractivity contribution in [1.82, 2.24) is 10.2 Å². The van der Waals surface area contributed by atoms with Crippen molar-refractivity contribution in [2.24, 2.45) is 0 Å². The van der Waals surface area contributed by atoms with Crippen molar-refractivity contribution in [2.45, 2.75) is 76.3 Å². The van der Waals surface area contributed by atoms with E-state index in [4.69, 9.17) is 0 Å². The molecule has 0 aliphatic heterocycles. The Kier molecular flexibility index (Phi) is 7.52. The van der Waals surface area contributed by atoms with Gasteiger partial charge in [0.15, 0.2) is 0 Å². The van der Waals surface area contributed by atoms with Gasteiger partial charge in [-0.25, -0.2) is 0 Å². The summed E-state index contributed by atoms with van der Waals surface area (Å²) in [6.45, 7) is 1.12. The highest BCUT2D eigenvalue weighted by molar-refractivity contribution is 5.06. The first-order valence-electron chi connectivity index (χ1n) is 8.98. The first-order valence-corrected chi connectivity index (χ1v) is 8.98. The first-order chi connectivity index (χ1) is 10.3. The largest absolute Gasteiger partial charge is 0.310 e. The molecule has 2 aliphatic carbocycles. The molecule has 1 N–H and O–H groups in total. The molecule has 0 heterocycles. The van der Waals surface area contributed by atoms with E-state index < -0.39 is 0 Å². The van der Waals surface area contributed by atoms with Crippen LogP contribution in [0.2, 0.25) is 0 Å². The molecule has 0 saturated carbocycles. The van der Waals surface area contributed by atoms with Gasteiger partial charge in [-0.1, -0.05) is 23.8 Å². The molecule has 2 rings (SSSR count). The number of nitrogens with zero attached hydrogens (tertiary/aromatic N) is 1. The maximum Gasteiger partial charge on any atom is 0.0167 e. The molecule has 0 saturated heterocycles. The molecule has 0 spiro atoms. The van der Waals surface area contributed by atoms with Gasteiger partial charge in [0.2, 0.25) is 0 Å². The maximum absolute atomic E-state index is 3.84. The lowest BCUT2D eigenvalue weighted by Gasteiger charge is -2.27. The minimum atomic E-state index is 0.728. The monoisotopic (exact) mass is 290 g/mol. The second kappa shape index (κ2) is 9.42. The zero-order chi connectivity index (χ0) is 14.9. The Labute approximate surface area is 131 Å². The third-order valence-corrected chi connectivity index (χ3v) is 5.09. The molecular weight excluding hydrogens is 256 g/mol. The molecule has 0 aromatic rings. The van der Waals surface area contributed by atoms with Gasteiger partial charge < -0.3 is 10.2 Å². The summed E-state index contributed by atoms with van der Waals surface area (Å²) in [7, 11) is 4.46. The third-order valence-electron chi connectivity index (χ3n) is 5.09. The lowest BCUT2D eigenvalue weighted by molar-refractivity contribution is 0.257. The van der Waals surface area contributed by atoms with Crippen molar-refractivity contribution >= 4 is 0 Å². The van der Waals surface area contributed by atoms with Crippen molar-refractivity contribution in [3.05, 3.63) is 23.8 Å². The van der Waals surface area contributed by atoms with Crippen LogP contribution in [0.4, 0.5) is 0 Å². The van der Waals surface area contributed by atoms with E-state index in [9.17, 15) is 0 Å². The first kappa shape index (κ1) is 16.8. The summed E-state index contributed by atoms with van der Waals surface area (Å²) in [5.74, 6) is 0. The average Bonchev–Trinajstić information content (AvgIpc) is 2.39. The summed E-state index contributed by atoms with van der Waals surface area (Å²) in [5.41, 5.74) is 1.65. The molecule has 120 valence electrons. The molecule has 2 nitrogen and oxygen atoms in total. The molecule has 2 atom stereocenters. The molecule has 0 aromatic heterocycles. The molecule has 2 aliphatic rings. The van der Waals surface area contributed by atoms with Crippen LogP contribution >= 0.6 is 0 Å². The SMILES string of the molecule is CN(C)C1CCC/C=C(\CNC2CC/C=C/CCC2)CC1. The number of nitrogens with one attached hydrogen (secondary N) is 1. The van der Waals surface area contributed by atoms with Crippen LogP contribution in [-0.4, -0.2) is 37.6 Å². The van der Waals surface area contributed by atoms with Gasteiger partial charge in [0.05, 0.1) is 0 Å². The quantitative estimate of drug-likeness (QED) is 0.777. The van der Waals surface area contributed by atoms with Gasteiger partial charge >= 0.3 is 0 Å². The Bertz CT molecular complexity index is 343. The molecule has 2 unspecified atom stereocenters. The zero-order valence-electron chi connectivity index (χ0n) is 14.1. The molecule has 21 heavy (non-hydrogen) atoms. The van der Waals surface area contributed by atoms with Crippen molar-refractivity contribution < 1.29 is 0 Å². The fourth-order valence-corrected chi connectivity index (χ4v) is 3.57. The van der Waals surface area contributed by atoms with E-state index in [2.05, 4.69) is 42.5 Å². The van der Waals surface area contributed by atoms with Crippen LogP contribution in [0.3, 0.4) is 0 Å². The summed E-state index contributed by atoms with van der Waals surface area (Å²) in [6.07, 6.45) is 20.3. The predicted molar refractivity (Wildman–Crippen MR) is 92.7 cm³/mol. The Morgan fingerprint density at radius 1 is 1.00 bits per heavy atom. The van der Waals surface area contributed by atoms with E-state index in [1.807, 2.05) is 0 Å². The normalized spacial score (nSPS) is 32.4. The highest BCUT2D eigenvalue weighted by Gasteiger charge is 2.15. The van der Waals surface area contributed by atoms with Crippen LogP contribution in [0, 0.1) is 0 Å². The highest BCUT2D eigenvalue weighted by Crippen LogP contribution is 2.20. The Hall–Kier alpha value is -0.600. The minimum absolute atomic E-state index is 0.728. The van der Waals surface area contributed by atoms with Gasteiger partial charge in [0, 0.05) is 18.6 Å². The van der Waals surface area contributed by atoms with Crippen LogP contribution in [0.1, 0.15) is 64.2 Å². The predicted octanol–water partition coefficient (Wildman–Crippen LogP) is 4.29. The van der Waals surface area contributed by atoms with Crippen molar-refractivity contribution in [1.29, 1.82) is 0 Å². The van der Waals surface area contributed by atoms with Gasteiger partial charge in [0.1, 0.15) is 0 Å². The smallest absolute Gasteiger partial charge is 0.0167 e.